The van der Waals surface area contributed by atoms with Crippen molar-refractivity contribution in [2.75, 3.05) is 5.75 Å². The minimum absolute atomic E-state index is 0.0217. The first-order chi connectivity index (χ1) is 18.8. The maximum atomic E-state index is 13.8. The van der Waals surface area contributed by atoms with Gasteiger partial charge in [0, 0.05) is 11.5 Å². The normalized spacial score (nSPS) is 19.1. The van der Waals surface area contributed by atoms with Crippen molar-refractivity contribution in [1.29, 1.82) is 0 Å². The predicted octanol–water partition coefficient (Wildman–Crippen LogP) is 4.03. The van der Waals surface area contributed by atoms with E-state index in [1.165, 1.54) is 67.2 Å². The number of phenols is 1. The number of nitrogens with zero attached hydrogens (tertiary/aromatic N) is 2. The van der Waals surface area contributed by atoms with E-state index in [-0.39, 0.29) is 17.1 Å². The number of β-lactam (4-membered cyclic amide) rings is 1. The van der Waals surface area contributed by atoms with E-state index in [2.05, 4.69) is 0 Å². The molecule has 1 unspecified atom stereocenters. The SMILES string of the molecule is CCS[C@@H]1[C@@H]([C@@H](C)O)C(=O)N1C(C(=O)OC(c1ccccc1)[N+](=O)[O-])=C(Oc1cccc(O)c1)C(=O)C(C)(C)C. The zero-order valence-electron chi connectivity index (χ0n) is 22.8. The highest BCUT2D eigenvalue weighted by Crippen LogP contribution is 2.42. The largest absolute Gasteiger partial charge is 0.508 e. The fourth-order valence-corrected chi connectivity index (χ4v) is 5.28. The van der Waals surface area contributed by atoms with E-state index < -0.39 is 63.1 Å². The molecule has 0 saturated carbocycles. The molecule has 3 rings (SSSR count). The first-order valence-corrected chi connectivity index (χ1v) is 13.6. The van der Waals surface area contributed by atoms with Gasteiger partial charge in [-0.15, -0.1) is 11.8 Å². The van der Waals surface area contributed by atoms with Gasteiger partial charge < -0.3 is 19.7 Å². The van der Waals surface area contributed by atoms with Crippen molar-refractivity contribution in [2.45, 2.75) is 52.3 Å². The van der Waals surface area contributed by atoms with E-state index >= 15 is 0 Å². The van der Waals surface area contributed by atoms with Crippen LogP contribution in [0.5, 0.6) is 11.5 Å². The van der Waals surface area contributed by atoms with Crippen LogP contribution in [-0.2, 0) is 19.1 Å². The lowest BCUT2D eigenvalue weighted by atomic mass is 9.87. The Morgan fingerprint density at radius 2 is 1.80 bits per heavy atom. The van der Waals surface area contributed by atoms with Gasteiger partial charge in [0.25, 0.3) is 0 Å². The quantitative estimate of drug-likeness (QED) is 0.0766. The summed E-state index contributed by atoms with van der Waals surface area (Å²) < 4.78 is 11.2. The van der Waals surface area contributed by atoms with E-state index in [0.717, 1.165) is 4.90 Å². The molecule has 0 aromatic heterocycles. The fourth-order valence-electron chi connectivity index (χ4n) is 4.03. The van der Waals surface area contributed by atoms with Gasteiger partial charge in [-0.25, -0.2) is 4.79 Å². The Bertz CT molecular complexity index is 1300. The van der Waals surface area contributed by atoms with Gasteiger partial charge in [-0.1, -0.05) is 52.0 Å². The Kier molecular flexibility index (Phi) is 9.59. The minimum Gasteiger partial charge on any atom is -0.508 e. The van der Waals surface area contributed by atoms with Crippen molar-refractivity contribution in [3.63, 3.8) is 0 Å². The molecule has 0 aliphatic carbocycles. The Balaban J connectivity index is 2.25. The number of ether oxygens (including phenoxy) is 2. The number of phenolic OH excluding ortho intramolecular Hbond substituents is 1. The van der Waals surface area contributed by atoms with E-state index in [9.17, 15) is 34.7 Å². The second kappa shape index (κ2) is 12.5. The van der Waals surface area contributed by atoms with Crippen LogP contribution in [0, 0.1) is 21.4 Å². The van der Waals surface area contributed by atoms with E-state index in [1.807, 2.05) is 6.92 Å². The first-order valence-electron chi connectivity index (χ1n) is 12.6. The summed E-state index contributed by atoms with van der Waals surface area (Å²) in [6.07, 6.45) is -3.02. The smallest absolute Gasteiger partial charge is 0.383 e. The summed E-state index contributed by atoms with van der Waals surface area (Å²) in [5, 5.41) is 31.4. The Hall–Kier alpha value is -3.90. The number of rotatable bonds is 11. The van der Waals surface area contributed by atoms with Crippen LogP contribution in [0.2, 0.25) is 0 Å². The Labute approximate surface area is 235 Å². The number of aliphatic hydroxyl groups excluding tert-OH is 1. The molecule has 12 heteroatoms. The average Bonchev–Trinajstić information content (AvgIpc) is 2.88. The number of likely N-dealkylation sites (tertiary alicyclic amines) is 1. The van der Waals surface area contributed by atoms with Gasteiger partial charge in [0.1, 0.15) is 11.5 Å². The summed E-state index contributed by atoms with van der Waals surface area (Å²) in [6, 6.07) is 13.0. The molecule has 1 aliphatic heterocycles. The number of benzene rings is 2. The summed E-state index contributed by atoms with van der Waals surface area (Å²) in [6.45, 7) is 7.97. The topological polar surface area (TPSA) is 157 Å². The van der Waals surface area contributed by atoms with Gasteiger partial charge in [-0.3, -0.25) is 24.6 Å². The number of aliphatic hydroxyl groups is 1. The second-order valence-electron chi connectivity index (χ2n) is 10.1. The highest BCUT2D eigenvalue weighted by molar-refractivity contribution is 8.00. The summed E-state index contributed by atoms with van der Waals surface area (Å²) in [4.78, 5) is 53.1. The van der Waals surface area contributed by atoms with Crippen molar-refractivity contribution in [2.24, 2.45) is 11.3 Å². The zero-order chi connectivity index (χ0) is 29.8. The van der Waals surface area contributed by atoms with Gasteiger partial charge in [0.05, 0.1) is 27.9 Å². The standard InChI is InChI=1S/C28H32N2O9S/c1-6-40-26-20(16(2)31)24(34)29(26)21(27(35)39-25(30(36)37)17-11-8-7-9-12-17)22(23(33)28(3,4)5)38-19-14-10-13-18(32)15-19/h7-16,20,25-26,31-32H,6H2,1-5H3/t16-,20+,25?,26-/m1/s1. The van der Waals surface area contributed by atoms with Crippen LogP contribution in [0.4, 0.5) is 0 Å². The number of allylic oxidation sites excluding steroid dienone is 1. The molecule has 214 valence electrons. The predicted molar refractivity (Wildman–Crippen MR) is 146 cm³/mol. The van der Waals surface area contributed by atoms with Gasteiger partial charge >= 0.3 is 12.2 Å². The molecule has 2 N–H and O–H groups in total. The van der Waals surface area contributed by atoms with Crippen LogP contribution >= 0.6 is 11.8 Å². The summed E-state index contributed by atoms with van der Waals surface area (Å²) in [5.41, 5.74) is -1.70. The third kappa shape index (κ3) is 6.62. The van der Waals surface area contributed by atoms with Crippen molar-refractivity contribution in [3.8, 4) is 11.5 Å². The molecule has 1 saturated heterocycles. The minimum atomic E-state index is -1.95. The van der Waals surface area contributed by atoms with Gasteiger partial charge in [0.15, 0.2) is 5.70 Å². The molecule has 40 heavy (non-hydrogen) atoms. The van der Waals surface area contributed by atoms with Gasteiger partial charge in [0.2, 0.25) is 17.4 Å². The van der Waals surface area contributed by atoms with E-state index in [1.54, 1.807) is 26.8 Å². The molecular formula is C28H32N2O9S. The molecule has 0 radical (unpaired) electrons. The molecule has 2 aromatic carbocycles. The number of esters is 1. The molecule has 2 aromatic rings. The molecule has 1 aliphatic rings. The van der Waals surface area contributed by atoms with Crippen molar-refractivity contribution >= 4 is 29.4 Å². The van der Waals surface area contributed by atoms with Crippen LogP contribution in [-0.4, -0.2) is 54.9 Å². The Morgan fingerprint density at radius 1 is 1.15 bits per heavy atom. The molecular weight excluding hydrogens is 540 g/mol. The zero-order valence-corrected chi connectivity index (χ0v) is 23.6. The van der Waals surface area contributed by atoms with Crippen LogP contribution in [0.1, 0.15) is 46.4 Å². The van der Waals surface area contributed by atoms with E-state index in [0.29, 0.717) is 5.75 Å². The molecule has 1 fully saturated rings. The van der Waals surface area contributed by atoms with E-state index in [4.69, 9.17) is 9.47 Å². The number of nitro groups is 1. The molecule has 4 atom stereocenters. The number of hydrogen-bond acceptors (Lipinski definition) is 10. The average molecular weight is 573 g/mol. The van der Waals surface area contributed by atoms with Crippen LogP contribution in [0.15, 0.2) is 66.1 Å². The number of carbonyl (C=O) groups is 3. The lowest BCUT2D eigenvalue weighted by molar-refractivity contribution is -0.575. The third-order valence-corrected chi connectivity index (χ3v) is 7.19. The Morgan fingerprint density at radius 3 is 2.33 bits per heavy atom. The monoisotopic (exact) mass is 572 g/mol. The second-order valence-corrected chi connectivity index (χ2v) is 11.5. The van der Waals surface area contributed by atoms with Gasteiger partial charge in [-0.2, -0.15) is 0 Å². The van der Waals surface area contributed by atoms with Crippen LogP contribution < -0.4 is 4.74 Å². The number of Topliss-reactive ketones (excluding diaryl/α,β-unsaturated/α-hetero) is 1. The van der Waals surface area contributed by atoms with Gasteiger partial charge in [-0.05, 0) is 36.9 Å². The fraction of sp³-hybridized carbons (Fsp3) is 0.393. The number of thioether (sulfide) groups is 1. The van der Waals surface area contributed by atoms with Crippen molar-refractivity contribution in [3.05, 3.63) is 81.7 Å². The number of amides is 1. The molecule has 1 heterocycles. The number of hydrogen-bond donors (Lipinski definition) is 2. The number of carbonyl (C=O) groups excluding carboxylic acids is 3. The van der Waals surface area contributed by atoms with Crippen molar-refractivity contribution in [1.82, 2.24) is 4.90 Å². The van der Waals surface area contributed by atoms with Crippen LogP contribution in [0.3, 0.4) is 0 Å². The first kappa shape index (κ1) is 30.6. The third-order valence-electron chi connectivity index (χ3n) is 6.01. The number of ketones is 1. The highest BCUT2D eigenvalue weighted by atomic mass is 32.2. The summed E-state index contributed by atoms with van der Waals surface area (Å²) in [5.74, 6) is -3.92. The van der Waals surface area contributed by atoms with Crippen molar-refractivity contribution < 1.29 is 39.0 Å². The summed E-state index contributed by atoms with van der Waals surface area (Å²) in [7, 11) is 0. The molecule has 0 bridgehead atoms. The molecule has 0 spiro atoms. The molecule has 11 nitrogen and oxygen atoms in total. The summed E-state index contributed by atoms with van der Waals surface area (Å²) >= 11 is 1.24. The maximum Gasteiger partial charge on any atom is 0.383 e. The lowest BCUT2D eigenvalue weighted by Gasteiger charge is -2.48. The maximum absolute atomic E-state index is 13.8. The lowest BCUT2D eigenvalue weighted by Crippen LogP contribution is -2.63. The molecule has 1 amide bonds. The number of aromatic hydroxyl groups is 1. The van der Waals surface area contributed by atoms with Crippen LogP contribution in [0.25, 0.3) is 0 Å². The highest BCUT2D eigenvalue weighted by Gasteiger charge is 2.55.